The molecule has 154 valence electrons. The predicted octanol–water partition coefficient (Wildman–Crippen LogP) is 5.47. The maximum Gasteiger partial charge on any atom is 0.335 e. The quantitative estimate of drug-likeness (QED) is 0.406. The number of nitrogens with one attached hydrogen (secondary N) is 2. The number of amides is 2. The highest BCUT2D eigenvalue weighted by molar-refractivity contribution is 8.00. The first-order valence-electron chi connectivity index (χ1n) is 8.79. The van der Waals surface area contributed by atoms with Gasteiger partial charge in [0.15, 0.2) is 0 Å². The third-order valence-electron chi connectivity index (χ3n) is 3.99. The van der Waals surface area contributed by atoms with Crippen LogP contribution in [0.25, 0.3) is 0 Å². The Labute approximate surface area is 186 Å². The summed E-state index contributed by atoms with van der Waals surface area (Å²) in [7, 11) is 0. The fourth-order valence-electron chi connectivity index (χ4n) is 2.49. The smallest absolute Gasteiger partial charge is 0.335 e. The summed E-state index contributed by atoms with van der Waals surface area (Å²) in [5.41, 5.74) is 0.901. The molecule has 0 fully saturated rings. The van der Waals surface area contributed by atoms with Crippen LogP contribution < -0.4 is 10.6 Å². The molecule has 0 bridgehead atoms. The second kappa shape index (κ2) is 9.80. The molecule has 1 heterocycles. The molecule has 0 aliphatic carbocycles. The van der Waals surface area contributed by atoms with Gasteiger partial charge < -0.3 is 15.7 Å². The molecule has 0 radical (unpaired) electrons. The third kappa shape index (κ3) is 5.63. The number of carboxylic acid groups (broad SMARTS) is 1. The molecule has 9 heteroatoms. The van der Waals surface area contributed by atoms with Gasteiger partial charge in [0.2, 0.25) is 5.91 Å². The fourth-order valence-corrected chi connectivity index (χ4v) is 4.20. The summed E-state index contributed by atoms with van der Waals surface area (Å²) in [6, 6.07) is 14.9. The first-order chi connectivity index (χ1) is 14.3. The van der Waals surface area contributed by atoms with Gasteiger partial charge in [-0.05, 0) is 54.8 Å². The monoisotopic (exact) mass is 460 g/mol. The Morgan fingerprint density at radius 3 is 2.57 bits per heavy atom. The van der Waals surface area contributed by atoms with Gasteiger partial charge in [0, 0.05) is 10.6 Å². The van der Waals surface area contributed by atoms with Crippen molar-refractivity contribution in [2.75, 3.05) is 10.6 Å². The lowest BCUT2D eigenvalue weighted by Crippen LogP contribution is -2.22. The van der Waals surface area contributed by atoms with E-state index in [-0.39, 0.29) is 28.1 Å². The van der Waals surface area contributed by atoms with Gasteiger partial charge in [-0.2, -0.15) is 0 Å². The lowest BCUT2D eigenvalue weighted by molar-refractivity contribution is -0.115. The number of hydrogen-bond acceptors (Lipinski definition) is 5. The van der Waals surface area contributed by atoms with E-state index in [4.69, 9.17) is 16.7 Å². The summed E-state index contributed by atoms with van der Waals surface area (Å²) in [5, 5.41) is 16.2. The first-order valence-corrected chi connectivity index (χ1v) is 10.9. The van der Waals surface area contributed by atoms with Crippen LogP contribution in [0.5, 0.6) is 0 Å². The second-order valence-corrected chi connectivity index (χ2v) is 8.98. The van der Waals surface area contributed by atoms with Crippen LogP contribution in [0, 0.1) is 0 Å². The zero-order chi connectivity index (χ0) is 21.7. The van der Waals surface area contributed by atoms with Crippen molar-refractivity contribution in [3.63, 3.8) is 0 Å². The number of anilines is 2. The standard InChI is InChI=1S/C21H17ClN2O4S2/c1-12(19(25)24-17-10-13(21(27)28)7-8-16(17)22)30-15-5-2-4-14(11-15)23-20(26)18-6-3-9-29-18/h2-12H,1H3,(H,23,26)(H,24,25)(H,27,28). The lowest BCUT2D eigenvalue weighted by atomic mass is 10.2. The zero-order valence-corrected chi connectivity index (χ0v) is 18.1. The van der Waals surface area contributed by atoms with Crippen LogP contribution >= 0.6 is 34.7 Å². The van der Waals surface area contributed by atoms with Gasteiger partial charge in [0.05, 0.1) is 26.4 Å². The minimum Gasteiger partial charge on any atom is -0.478 e. The molecule has 2 amide bonds. The molecule has 3 aromatic rings. The Bertz CT molecular complexity index is 1090. The van der Waals surface area contributed by atoms with Crippen molar-refractivity contribution in [3.8, 4) is 0 Å². The maximum absolute atomic E-state index is 12.6. The Morgan fingerprint density at radius 1 is 1.07 bits per heavy atom. The van der Waals surface area contributed by atoms with Crippen molar-refractivity contribution in [3.05, 3.63) is 75.4 Å². The number of hydrogen-bond donors (Lipinski definition) is 3. The number of rotatable bonds is 7. The summed E-state index contributed by atoms with van der Waals surface area (Å²) < 4.78 is 0. The SMILES string of the molecule is CC(Sc1cccc(NC(=O)c2cccs2)c1)C(=O)Nc1cc(C(=O)O)ccc1Cl. The van der Waals surface area contributed by atoms with Crippen LogP contribution in [0.1, 0.15) is 27.0 Å². The van der Waals surface area contributed by atoms with Crippen molar-refractivity contribution >= 4 is 63.9 Å². The van der Waals surface area contributed by atoms with Gasteiger partial charge in [-0.15, -0.1) is 23.1 Å². The molecule has 6 nitrogen and oxygen atoms in total. The van der Waals surface area contributed by atoms with E-state index >= 15 is 0 Å². The highest BCUT2D eigenvalue weighted by Gasteiger charge is 2.17. The average Bonchev–Trinajstić information content (AvgIpc) is 3.24. The van der Waals surface area contributed by atoms with Crippen molar-refractivity contribution in [2.24, 2.45) is 0 Å². The molecule has 2 aromatic carbocycles. The van der Waals surface area contributed by atoms with Crippen LogP contribution in [0.3, 0.4) is 0 Å². The Kier molecular flexibility index (Phi) is 7.15. The molecule has 3 N–H and O–H groups in total. The van der Waals surface area contributed by atoms with E-state index in [0.717, 1.165) is 4.90 Å². The number of thioether (sulfide) groups is 1. The van der Waals surface area contributed by atoms with E-state index in [1.807, 2.05) is 17.5 Å². The number of carboxylic acids is 1. The largest absolute Gasteiger partial charge is 0.478 e. The summed E-state index contributed by atoms with van der Waals surface area (Å²) in [4.78, 5) is 37.3. The van der Waals surface area contributed by atoms with E-state index in [1.54, 1.807) is 31.2 Å². The normalized spacial score (nSPS) is 11.5. The molecular formula is C21H17ClN2O4S2. The van der Waals surface area contributed by atoms with Crippen molar-refractivity contribution in [1.82, 2.24) is 0 Å². The van der Waals surface area contributed by atoms with Gasteiger partial charge in [0.25, 0.3) is 5.91 Å². The molecule has 0 saturated heterocycles. The Hall–Kier alpha value is -2.81. The first kappa shape index (κ1) is 21.9. The van der Waals surface area contributed by atoms with Crippen molar-refractivity contribution < 1.29 is 19.5 Å². The maximum atomic E-state index is 12.6. The van der Waals surface area contributed by atoms with Gasteiger partial charge in [-0.1, -0.05) is 23.7 Å². The molecule has 3 rings (SSSR count). The zero-order valence-electron chi connectivity index (χ0n) is 15.7. The van der Waals surface area contributed by atoms with Crippen molar-refractivity contribution in [2.45, 2.75) is 17.1 Å². The van der Waals surface area contributed by atoms with E-state index in [1.165, 1.54) is 41.3 Å². The molecule has 1 atom stereocenters. The van der Waals surface area contributed by atoms with E-state index in [2.05, 4.69) is 10.6 Å². The van der Waals surface area contributed by atoms with Gasteiger partial charge in [-0.3, -0.25) is 9.59 Å². The topological polar surface area (TPSA) is 95.5 Å². The third-order valence-corrected chi connectivity index (χ3v) is 6.28. The number of carbonyl (C=O) groups is 3. The van der Waals surface area contributed by atoms with Gasteiger partial charge in [0.1, 0.15) is 0 Å². The van der Waals surface area contributed by atoms with Crippen LogP contribution in [0.2, 0.25) is 5.02 Å². The highest BCUT2D eigenvalue weighted by Crippen LogP contribution is 2.29. The molecule has 0 saturated carbocycles. The van der Waals surface area contributed by atoms with Crippen LogP contribution in [-0.4, -0.2) is 28.1 Å². The van der Waals surface area contributed by atoms with Crippen LogP contribution in [0.4, 0.5) is 11.4 Å². The second-order valence-electron chi connectivity index (χ2n) is 6.21. The number of halogens is 1. The number of thiophene rings is 1. The Morgan fingerprint density at radius 2 is 1.87 bits per heavy atom. The molecule has 0 aliphatic rings. The van der Waals surface area contributed by atoms with Gasteiger partial charge in [-0.25, -0.2) is 4.79 Å². The Balaban J connectivity index is 1.65. The molecule has 0 spiro atoms. The summed E-state index contributed by atoms with van der Waals surface area (Å²) in [5.74, 6) is -1.62. The van der Waals surface area contributed by atoms with Gasteiger partial charge >= 0.3 is 5.97 Å². The molecular weight excluding hydrogens is 444 g/mol. The van der Waals surface area contributed by atoms with E-state index in [9.17, 15) is 14.4 Å². The predicted molar refractivity (Wildman–Crippen MR) is 121 cm³/mol. The van der Waals surface area contributed by atoms with E-state index in [0.29, 0.717) is 10.6 Å². The minimum atomic E-state index is -1.11. The van der Waals surface area contributed by atoms with Crippen LogP contribution in [0.15, 0.2) is 64.9 Å². The number of carbonyl (C=O) groups excluding carboxylic acids is 2. The molecule has 1 aromatic heterocycles. The summed E-state index contributed by atoms with van der Waals surface area (Å²) in [6.45, 7) is 1.73. The average molecular weight is 461 g/mol. The van der Waals surface area contributed by atoms with Crippen LogP contribution in [-0.2, 0) is 4.79 Å². The van der Waals surface area contributed by atoms with Crippen molar-refractivity contribution in [1.29, 1.82) is 0 Å². The highest BCUT2D eigenvalue weighted by atomic mass is 35.5. The number of benzene rings is 2. The number of aromatic carboxylic acids is 1. The summed E-state index contributed by atoms with van der Waals surface area (Å²) >= 11 is 8.73. The minimum absolute atomic E-state index is 0.0317. The molecule has 30 heavy (non-hydrogen) atoms. The molecule has 0 aliphatic heterocycles. The summed E-state index contributed by atoms with van der Waals surface area (Å²) in [6.07, 6.45) is 0. The van der Waals surface area contributed by atoms with E-state index < -0.39 is 11.2 Å². The lowest BCUT2D eigenvalue weighted by Gasteiger charge is -2.14. The molecule has 1 unspecified atom stereocenters. The fraction of sp³-hybridized carbons (Fsp3) is 0.0952.